The molecule has 1 saturated heterocycles. The minimum absolute atomic E-state index is 0.0822. The first kappa shape index (κ1) is 23.6. The van der Waals surface area contributed by atoms with Gasteiger partial charge in [0.15, 0.2) is 17.6 Å². The number of halogens is 2. The molecule has 1 aliphatic heterocycles. The van der Waals surface area contributed by atoms with E-state index >= 15 is 0 Å². The molecule has 8 nitrogen and oxygen atoms in total. The van der Waals surface area contributed by atoms with Crippen molar-refractivity contribution in [3.8, 4) is 11.5 Å². The van der Waals surface area contributed by atoms with Gasteiger partial charge in [-0.25, -0.2) is 9.80 Å². The fraction of sp³-hybridized carbons (Fsp3) is 0.227. The van der Waals surface area contributed by atoms with Crippen molar-refractivity contribution in [1.29, 1.82) is 0 Å². The summed E-state index contributed by atoms with van der Waals surface area (Å²) in [6, 6.07) is 10.3. The number of hydrogen-bond donors (Lipinski definition) is 1. The van der Waals surface area contributed by atoms with E-state index in [1.54, 1.807) is 43.3 Å². The number of nitrogens with zero attached hydrogens (tertiary/aromatic N) is 1. The van der Waals surface area contributed by atoms with Gasteiger partial charge in [0.1, 0.15) is 10.6 Å². The van der Waals surface area contributed by atoms with Crippen molar-refractivity contribution in [2.24, 2.45) is 0 Å². The lowest BCUT2D eigenvalue weighted by Gasteiger charge is -2.18. The fourth-order valence-corrected chi connectivity index (χ4v) is 3.58. The minimum atomic E-state index is -0.931. The zero-order chi connectivity index (χ0) is 23.4. The smallest absolute Gasteiger partial charge is 0.347 e. The van der Waals surface area contributed by atoms with Gasteiger partial charge in [-0.05, 0) is 59.6 Å². The average molecular weight is 524 g/mol. The highest BCUT2D eigenvalue weighted by atomic mass is 79.9. The van der Waals surface area contributed by atoms with Crippen molar-refractivity contribution in [2.75, 3.05) is 18.7 Å². The second-order valence-corrected chi connectivity index (χ2v) is 7.78. The van der Waals surface area contributed by atoms with Gasteiger partial charge in [0.05, 0.1) is 19.4 Å². The Morgan fingerprint density at radius 2 is 1.97 bits per heavy atom. The highest BCUT2D eigenvalue weighted by Gasteiger charge is 2.35. The van der Waals surface area contributed by atoms with Crippen LogP contribution in [0.5, 0.6) is 11.5 Å². The molecule has 32 heavy (non-hydrogen) atoms. The van der Waals surface area contributed by atoms with Gasteiger partial charge in [-0.15, -0.1) is 0 Å². The van der Waals surface area contributed by atoms with Crippen LogP contribution in [0.4, 0.5) is 5.69 Å². The van der Waals surface area contributed by atoms with Crippen LogP contribution in [0.15, 0.2) is 46.4 Å². The van der Waals surface area contributed by atoms with Crippen LogP contribution in [-0.4, -0.2) is 37.6 Å². The first-order chi connectivity index (χ1) is 15.3. The number of hydrogen-bond acceptors (Lipinski definition) is 6. The molecule has 0 bridgehead atoms. The van der Waals surface area contributed by atoms with E-state index in [1.165, 1.54) is 25.1 Å². The molecule has 0 spiro atoms. The predicted molar refractivity (Wildman–Crippen MR) is 122 cm³/mol. The Kier molecular flexibility index (Phi) is 7.42. The number of amides is 2. The zero-order valence-corrected chi connectivity index (χ0v) is 19.8. The van der Waals surface area contributed by atoms with E-state index in [0.29, 0.717) is 15.7 Å². The van der Waals surface area contributed by atoms with E-state index in [-0.39, 0.29) is 28.7 Å². The van der Waals surface area contributed by atoms with Gasteiger partial charge in [-0.1, -0.05) is 29.8 Å². The van der Waals surface area contributed by atoms with Crippen LogP contribution >= 0.6 is 27.5 Å². The molecule has 0 saturated carbocycles. The molecule has 0 unspecified atom stereocenters. The van der Waals surface area contributed by atoms with E-state index < -0.39 is 23.9 Å². The SMILES string of the molecule is CCOC(=O)[C@@H](C)Oc1c(OC)cc(/C=C2/C(=O)NN(c3ccccc3)C2=O)c(Br)c1Cl. The van der Waals surface area contributed by atoms with Gasteiger partial charge in [0.2, 0.25) is 0 Å². The molecule has 1 fully saturated rings. The third-order valence-corrected chi connectivity index (χ3v) is 5.94. The number of para-hydroxylation sites is 1. The highest BCUT2D eigenvalue weighted by Crippen LogP contribution is 2.44. The number of carbonyl (C=O) groups is 3. The Morgan fingerprint density at radius 3 is 2.59 bits per heavy atom. The molecule has 2 aromatic carbocycles. The van der Waals surface area contributed by atoms with E-state index in [1.807, 2.05) is 0 Å². The molecule has 168 valence electrons. The number of esters is 1. The lowest BCUT2D eigenvalue weighted by atomic mass is 10.1. The van der Waals surface area contributed by atoms with Crippen LogP contribution in [0, 0.1) is 0 Å². The molecule has 1 atom stereocenters. The Balaban J connectivity index is 1.96. The number of benzene rings is 2. The van der Waals surface area contributed by atoms with Crippen molar-refractivity contribution < 1.29 is 28.6 Å². The maximum atomic E-state index is 12.8. The first-order valence-corrected chi connectivity index (χ1v) is 10.8. The van der Waals surface area contributed by atoms with Gasteiger partial charge >= 0.3 is 5.97 Å². The van der Waals surface area contributed by atoms with Crippen molar-refractivity contribution in [1.82, 2.24) is 5.43 Å². The maximum absolute atomic E-state index is 12.8. The maximum Gasteiger partial charge on any atom is 0.347 e. The van der Waals surface area contributed by atoms with Crippen molar-refractivity contribution in [3.63, 3.8) is 0 Å². The van der Waals surface area contributed by atoms with Crippen LogP contribution in [0.3, 0.4) is 0 Å². The van der Waals surface area contributed by atoms with Crippen molar-refractivity contribution >= 4 is 57.1 Å². The molecule has 10 heteroatoms. The summed E-state index contributed by atoms with van der Waals surface area (Å²) in [6.45, 7) is 3.43. The van der Waals surface area contributed by atoms with Crippen LogP contribution in [0.25, 0.3) is 6.08 Å². The lowest BCUT2D eigenvalue weighted by Crippen LogP contribution is -2.35. The zero-order valence-electron chi connectivity index (χ0n) is 17.5. The van der Waals surface area contributed by atoms with E-state index in [4.69, 9.17) is 25.8 Å². The predicted octanol–water partition coefficient (Wildman–Crippen LogP) is 3.90. The van der Waals surface area contributed by atoms with Gasteiger partial charge in [-0.3, -0.25) is 15.0 Å². The Hall–Kier alpha value is -3.04. The summed E-state index contributed by atoms with van der Waals surface area (Å²) in [5.74, 6) is -1.29. The fourth-order valence-electron chi connectivity index (χ4n) is 2.93. The summed E-state index contributed by atoms with van der Waals surface area (Å²) in [5, 5.41) is 1.28. The molecule has 1 N–H and O–H groups in total. The molecule has 0 aliphatic carbocycles. The minimum Gasteiger partial charge on any atom is -0.493 e. The van der Waals surface area contributed by atoms with Gasteiger partial charge in [-0.2, -0.15) is 0 Å². The number of hydrazine groups is 1. The average Bonchev–Trinajstić information content (AvgIpc) is 3.07. The Morgan fingerprint density at radius 1 is 1.28 bits per heavy atom. The Labute approximate surface area is 198 Å². The number of anilines is 1. The summed E-state index contributed by atoms with van der Waals surface area (Å²) >= 11 is 9.84. The summed E-state index contributed by atoms with van der Waals surface area (Å²) in [4.78, 5) is 37.2. The summed E-state index contributed by atoms with van der Waals surface area (Å²) in [6.07, 6.45) is 0.469. The lowest BCUT2D eigenvalue weighted by molar-refractivity contribution is -0.150. The molecule has 1 aliphatic rings. The van der Waals surface area contributed by atoms with Gasteiger partial charge in [0.25, 0.3) is 11.8 Å². The molecule has 1 heterocycles. The summed E-state index contributed by atoms with van der Waals surface area (Å²) in [7, 11) is 1.41. The normalized spacial score (nSPS) is 15.5. The number of methoxy groups -OCH3 is 1. The van der Waals surface area contributed by atoms with Crippen molar-refractivity contribution in [2.45, 2.75) is 20.0 Å². The highest BCUT2D eigenvalue weighted by molar-refractivity contribution is 9.10. The molecule has 0 aromatic heterocycles. The monoisotopic (exact) mass is 522 g/mol. The van der Waals surface area contributed by atoms with Gasteiger partial charge < -0.3 is 14.2 Å². The van der Waals surface area contributed by atoms with Gasteiger partial charge in [0, 0.05) is 4.47 Å². The number of ether oxygens (including phenoxy) is 3. The summed E-state index contributed by atoms with van der Waals surface area (Å²) in [5.41, 5.74) is 3.40. The largest absolute Gasteiger partial charge is 0.493 e. The molecule has 2 amide bonds. The number of nitrogens with one attached hydrogen (secondary N) is 1. The van der Waals surface area contributed by atoms with E-state index in [2.05, 4.69) is 21.4 Å². The van der Waals surface area contributed by atoms with Crippen LogP contribution in [0.2, 0.25) is 5.02 Å². The molecule has 0 radical (unpaired) electrons. The molecule has 2 aromatic rings. The molecule has 3 rings (SSSR count). The first-order valence-electron chi connectivity index (χ1n) is 9.59. The topological polar surface area (TPSA) is 94.2 Å². The standard InChI is InChI=1S/C22H20BrClN2O6/c1-4-31-22(29)12(2)32-19-16(30-3)11-13(17(23)18(19)24)10-15-20(27)25-26(21(15)28)14-8-6-5-7-9-14/h5-12H,4H2,1-3H3,(H,25,27)/b15-10-/t12-/m1/s1. The third-order valence-electron chi connectivity index (χ3n) is 4.49. The van der Waals surface area contributed by atoms with E-state index in [0.717, 1.165) is 0 Å². The van der Waals surface area contributed by atoms with Crippen LogP contribution in [-0.2, 0) is 19.1 Å². The second-order valence-electron chi connectivity index (χ2n) is 6.61. The third kappa shape index (κ3) is 4.73. The van der Waals surface area contributed by atoms with E-state index in [9.17, 15) is 14.4 Å². The number of carbonyl (C=O) groups excluding carboxylic acids is 3. The second kappa shape index (κ2) is 10.1. The van der Waals surface area contributed by atoms with Crippen LogP contribution in [0.1, 0.15) is 19.4 Å². The summed E-state index contributed by atoms with van der Waals surface area (Å²) < 4.78 is 16.3. The number of rotatable bonds is 7. The Bertz CT molecular complexity index is 1090. The molecular weight excluding hydrogens is 504 g/mol. The van der Waals surface area contributed by atoms with Crippen molar-refractivity contribution in [3.05, 3.63) is 57.0 Å². The molecular formula is C22H20BrClN2O6. The quantitative estimate of drug-likeness (QED) is 0.336. The van der Waals surface area contributed by atoms with Crippen LogP contribution < -0.4 is 19.9 Å².